The van der Waals surface area contributed by atoms with Gasteiger partial charge in [-0.05, 0) is 17.7 Å². The molecule has 0 aromatic heterocycles. The molecule has 0 radical (unpaired) electrons. The number of carboxylic acids is 1. The minimum Gasteiger partial charge on any atom is -0.478 e. The van der Waals surface area contributed by atoms with Crippen LogP contribution in [0.3, 0.4) is 0 Å². The first kappa shape index (κ1) is 9.03. The number of carbonyl (C=O) groups is 1. The lowest BCUT2D eigenvalue weighted by Crippen LogP contribution is -1.98. The lowest BCUT2D eigenvalue weighted by molar-refractivity contribution is 0.0697. The highest BCUT2D eigenvalue weighted by Gasteiger charge is 2.08. The zero-order chi connectivity index (χ0) is 9.14. The molecule has 1 rings (SSSR count). The van der Waals surface area contributed by atoms with Gasteiger partial charge in [0.1, 0.15) is 0 Å². The van der Waals surface area contributed by atoms with Crippen molar-refractivity contribution in [3.8, 4) is 0 Å². The maximum Gasteiger partial charge on any atom is 0.337 e. The topological polar surface area (TPSA) is 57.5 Å². The summed E-state index contributed by atoms with van der Waals surface area (Å²) in [5, 5.41) is 17.5. The Labute approximate surface area is 74.2 Å². The van der Waals surface area contributed by atoms with E-state index >= 15 is 0 Å². The number of hydrogen-bond acceptors (Lipinski definition) is 2. The van der Waals surface area contributed by atoms with Crippen molar-refractivity contribution in [2.75, 3.05) is 0 Å². The lowest BCUT2D eigenvalue weighted by atomic mass is 10.1. The van der Waals surface area contributed by atoms with Crippen molar-refractivity contribution >= 4 is 17.6 Å². The fourth-order valence-corrected chi connectivity index (χ4v) is 1.03. The summed E-state index contributed by atoms with van der Waals surface area (Å²) >= 11 is 5.59. The molecule has 0 atom stereocenters. The fraction of sp³-hybridized carbons (Fsp3) is 0.125. The third kappa shape index (κ3) is 1.75. The zero-order valence-electron chi connectivity index (χ0n) is 6.12. The molecule has 12 heavy (non-hydrogen) atoms. The van der Waals surface area contributed by atoms with E-state index in [9.17, 15) is 4.79 Å². The second-order valence-electron chi connectivity index (χ2n) is 2.28. The molecule has 0 fully saturated rings. The molecule has 0 amide bonds. The maximum absolute atomic E-state index is 10.5. The van der Waals surface area contributed by atoms with Gasteiger partial charge in [0.2, 0.25) is 0 Å². The number of benzene rings is 1. The van der Waals surface area contributed by atoms with Gasteiger partial charge in [0.15, 0.2) is 0 Å². The molecule has 0 unspecified atom stereocenters. The van der Waals surface area contributed by atoms with Crippen LogP contribution < -0.4 is 0 Å². The quantitative estimate of drug-likeness (QED) is 0.737. The number of halogens is 1. The minimum atomic E-state index is -1.09. The first-order valence-electron chi connectivity index (χ1n) is 3.27. The van der Waals surface area contributed by atoms with Crippen LogP contribution in [0.25, 0.3) is 0 Å². The second-order valence-corrected chi connectivity index (χ2v) is 2.68. The average molecular weight is 187 g/mol. The molecule has 0 spiro atoms. The van der Waals surface area contributed by atoms with Crippen molar-refractivity contribution in [2.24, 2.45) is 0 Å². The van der Waals surface area contributed by atoms with Crippen LogP contribution in [0, 0.1) is 0 Å². The number of hydrogen-bond donors (Lipinski definition) is 2. The van der Waals surface area contributed by atoms with E-state index in [0.29, 0.717) is 5.56 Å². The molecule has 0 heterocycles. The Hall–Kier alpha value is -1.06. The van der Waals surface area contributed by atoms with Gasteiger partial charge in [-0.2, -0.15) is 0 Å². The van der Waals surface area contributed by atoms with Gasteiger partial charge >= 0.3 is 5.97 Å². The molecule has 4 heteroatoms. The van der Waals surface area contributed by atoms with Crippen LogP contribution in [0.5, 0.6) is 0 Å². The minimum absolute atomic E-state index is 0.0169. The summed E-state index contributed by atoms with van der Waals surface area (Å²) in [6.07, 6.45) is 0. The highest BCUT2D eigenvalue weighted by Crippen LogP contribution is 2.17. The average Bonchev–Trinajstić information content (AvgIpc) is 2.05. The van der Waals surface area contributed by atoms with Gasteiger partial charge in [-0.25, -0.2) is 4.79 Å². The van der Waals surface area contributed by atoms with Crippen LogP contribution in [0.1, 0.15) is 15.9 Å². The molecule has 0 saturated heterocycles. The van der Waals surface area contributed by atoms with Crippen LogP contribution in [-0.4, -0.2) is 16.2 Å². The van der Waals surface area contributed by atoms with E-state index in [1.54, 1.807) is 6.07 Å². The first-order valence-corrected chi connectivity index (χ1v) is 3.65. The molecule has 0 bridgehead atoms. The normalized spacial score (nSPS) is 9.83. The van der Waals surface area contributed by atoms with Crippen molar-refractivity contribution in [2.45, 2.75) is 6.61 Å². The van der Waals surface area contributed by atoms with Gasteiger partial charge in [0, 0.05) is 0 Å². The summed E-state index contributed by atoms with van der Waals surface area (Å²) < 4.78 is 0. The largest absolute Gasteiger partial charge is 0.478 e. The second kappa shape index (κ2) is 3.56. The molecule has 3 nitrogen and oxygen atoms in total. The van der Waals surface area contributed by atoms with Crippen LogP contribution in [0.15, 0.2) is 18.2 Å². The predicted octanol–water partition coefficient (Wildman–Crippen LogP) is 1.53. The highest BCUT2D eigenvalue weighted by atomic mass is 35.5. The van der Waals surface area contributed by atoms with E-state index < -0.39 is 5.97 Å². The van der Waals surface area contributed by atoms with Crippen LogP contribution in [0.4, 0.5) is 0 Å². The van der Waals surface area contributed by atoms with Gasteiger partial charge in [0.25, 0.3) is 0 Å². The SMILES string of the molecule is O=C(O)c1cc(CO)ccc1Cl. The summed E-state index contributed by atoms with van der Waals surface area (Å²) in [5.41, 5.74) is 0.556. The van der Waals surface area contributed by atoms with Crippen molar-refractivity contribution in [3.05, 3.63) is 34.3 Å². The maximum atomic E-state index is 10.5. The summed E-state index contributed by atoms with van der Waals surface area (Å²) in [7, 11) is 0. The Kier molecular flexibility index (Phi) is 2.68. The van der Waals surface area contributed by atoms with E-state index in [4.69, 9.17) is 21.8 Å². The van der Waals surface area contributed by atoms with Gasteiger partial charge < -0.3 is 10.2 Å². The third-order valence-electron chi connectivity index (χ3n) is 1.44. The smallest absolute Gasteiger partial charge is 0.337 e. The van der Waals surface area contributed by atoms with Gasteiger partial charge in [0.05, 0.1) is 17.2 Å². The van der Waals surface area contributed by atoms with E-state index in [0.717, 1.165) is 0 Å². The number of rotatable bonds is 2. The Morgan fingerprint density at radius 2 is 2.17 bits per heavy atom. The standard InChI is InChI=1S/C8H7ClO3/c9-7-2-1-5(4-10)3-6(7)8(11)12/h1-3,10H,4H2,(H,11,12). The van der Waals surface area contributed by atoms with Gasteiger partial charge in [-0.15, -0.1) is 0 Å². The molecule has 0 aliphatic rings. The Bertz CT molecular complexity index is 309. The van der Waals surface area contributed by atoms with Crippen molar-refractivity contribution in [1.29, 1.82) is 0 Å². The molecule has 0 saturated carbocycles. The molecular weight excluding hydrogens is 180 g/mol. The lowest BCUT2D eigenvalue weighted by Gasteiger charge is -2.00. The predicted molar refractivity (Wildman–Crippen MR) is 44.3 cm³/mol. The van der Waals surface area contributed by atoms with Crippen LogP contribution in [0.2, 0.25) is 5.02 Å². The van der Waals surface area contributed by atoms with Crippen LogP contribution >= 0.6 is 11.6 Å². The van der Waals surface area contributed by atoms with Crippen molar-refractivity contribution < 1.29 is 15.0 Å². The summed E-state index contributed by atoms with van der Waals surface area (Å²) in [6, 6.07) is 4.38. The number of aliphatic hydroxyl groups excluding tert-OH is 1. The number of carboxylic acid groups (broad SMARTS) is 1. The van der Waals surface area contributed by atoms with E-state index in [1.165, 1.54) is 12.1 Å². The van der Waals surface area contributed by atoms with E-state index in [-0.39, 0.29) is 17.2 Å². The van der Waals surface area contributed by atoms with Crippen molar-refractivity contribution in [3.63, 3.8) is 0 Å². The molecule has 1 aromatic carbocycles. The number of aliphatic hydroxyl groups is 1. The molecule has 64 valence electrons. The Balaban J connectivity index is 3.17. The summed E-state index contributed by atoms with van der Waals surface area (Å²) in [4.78, 5) is 10.5. The monoisotopic (exact) mass is 186 g/mol. The number of aromatic carboxylic acids is 1. The first-order chi connectivity index (χ1) is 5.65. The fourth-order valence-electron chi connectivity index (χ4n) is 0.835. The summed E-state index contributed by atoms with van der Waals surface area (Å²) in [5.74, 6) is -1.09. The molecule has 0 aliphatic carbocycles. The van der Waals surface area contributed by atoms with E-state index in [1.807, 2.05) is 0 Å². The van der Waals surface area contributed by atoms with Crippen molar-refractivity contribution in [1.82, 2.24) is 0 Å². The van der Waals surface area contributed by atoms with Crippen LogP contribution in [-0.2, 0) is 6.61 Å². The molecule has 0 aliphatic heterocycles. The zero-order valence-corrected chi connectivity index (χ0v) is 6.88. The van der Waals surface area contributed by atoms with Gasteiger partial charge in [-0.3, -0.25) is 0 Å². The Morgan fingerprint density at radius 3 is 2.67 bits per heavy atom. The molecule has 1 aromatic rings. The molecular formula is C8H7ClO3. The Morgan fingerprint density at radius 1 is 1.50 bits per heavy atom. The highest BCUT2D eigenvalue weighted by molar-refractivity contribution is 6.33. The molecule has 2 N–H and O–H groups in total. The van der Waals surface area contributed by atoms with E-state index in [2.05, 4.69) is 0 Å². The van der Waals surface area contributed by atoms with Gasteiger partial charge in [-0.1, -0.05) is 17.7 Å². The third-order valence-corrected chi connectivity index (χ3v) is 1.77. The summed E-state index contributed by atoms with van der Waals surface area (Å²) in [6.45, 7) is -0.183.